The largest absolute Gasteiger partial charge is 0.0991 e. The minimum absolute atomic E-state index is 0.832. The van der Waals surface area contributed by atoms with E-state index in [0.717, 1.165) is 17.6 Å². The van der Waals surface area contributed by atoms with Gasteiger partial charge >= 0.3 is 0 Å². The van der Waals surface area contributed by atoms with Crippen molar-refractivity contribution in [2.45, 2.75) is 20.3 Å². The van der Waals surface area contributed by atoms with Crippen LogP contribution in [0.1, 0.15) is 30.0 Å². The van der Waals surface area contributed by atoms with Crippen molar-refractivity contribution in [2.75, 3.05) is 0 Å². The Morgan fingerprint density at radius 2 is 1.59 bits per heavy atom. The molecule has 0 aliphatic heterocycles. The number of allylic oxidation sites excluding steroid dienone is 8. The minimum Gasteiger partial charge on any atom is -0.0991 e. The fourth-order valence-corrected chi connectivity index (χ4v) is 3.59. The predicted molar refractivity (Wildman–Crippen MR) is 130 cm³/mol. The summed E-state index contributed by atoms with van der Waals surface area (Å²) in [6.45, 7) is 12.4. The lowest BCUT2D eigenvalue weighted by molar-refractivity contribution is 1.28. The van der Waals surface area contributed by atoms with Crippen molar-refractivity contribution in [3.63, 3.8) is 0 Å². The van der Waals surface area contributed by atoms with E-state index in [0.29, 0.717) is 0 Å². The summed E-state index contributed by atoms with van der Waals surface area (Å²) in [5, 5.41) is 2.60. The average Bonchev–Trinajstić information content (AvgIpc) is 2.74. The summed E-state index contributed by atoms with van der Waals surface area (Å²) < 4.78 is 0. The van der Waals surface area contributed by atoms with Gasteiger partial charge in [0.15, 0.2) is 0 Å². The molecule has 0 N–H and O–H groups in total. The van der Waals surface area contributed by atoms with Crippen LogP contribution >= 0.6 is 0 Å². The predicted octanol–water partition coefficient (Wildman–Crippen LogP) is 8.32. The Morgan fingerprint density at radius 3 is 2.34 bits per heavy atom. The van der Waals surface area contributed by atoms with E-state index in [2.05, 4.69) is 93.8 Å². The SMILES string of the molecule is C=C/C=C\CC(=C/C(=C)c1ccccc1)/C=C(\C)c1cccc2c(C)cccc12. The Bertz CT molecular complexity index is 1110. The van der Waals surface area contributed by atoms with Gasteiger partial charge in [-0.15, -0.1) is 0 Å². The highest BCUT2D eigenvalue weighted by Crippen LogP contribution is 2.29. The topological polar surface area (TPSA) is 0 Å². The Kier molecular flexibility index (Phi) is 6.81. The number of hydrogen-bond acceptors (Lipinski definition) is 0. The van der Waals surface area contributed by atoms with E-state index in [1.165, 1.54) is 33.0 Å². The maximum absolute atomic E-state index is 4.28. The molecule has 0 amide bonds. The van der Waals surface area contributed by atoms with Gasteiger partial charge in [0.05, 0.1) is 0 Å². The average molecular weight is 377 g/mol. The van der Waals surface area contributed by atoms with Gasteiger partial charge in [0.1, 0.15) is 0 Å². The van der Waals surface area contributed by atoms with Crippen molar-refractivity contribution in [1.82, 2.24) is 0 Å². The first-order valence-electron chi connectivity index (χ1n) is 9.99. The van der Waals surface area contributed by atoms with Crippen LogP contribution in [0.4, 0.5) is 0 Å². The second-order valence-corrected chi connectivity index (χ2v) is 7.28. The highest BCUT2D eigenvalue weighted by atomic mass is 14.1. The molecular weight excluding hydrogens is 348 g/mol. The molecule has 0 aromatic heterocycles. The fraction of sp³-hybridized carbons (Fsp3) is 0.103. The highest BCUT2D eigenvalue weighted by molar-refractivity contribution is 5.95. The summed E-state index contributed by atoms with van der Waals surface area (Å²) in [6, 6.07) is 23.4. The second kappa shape index (κ2) is 9.71. The monoisotopic (exact) mass is 376 g/mol. The minimum atomic E-state index is 0.832. The van der Waals surface area contributed by atoms with Crippen LogP contribution in [-0.4, -0.2) is 0 Å². The quantitative estimate of drug-likeness (QED) is 0.364. The molecule has 0 heterocycles. The molecular formula is C29H28. The van der Waals surface area contributed by atoms with Crippen molar-refractivity contribution in [2.24, 2.45) is 0 Å². The summed E-state index contributed by atoms with van der Waals surface area (Å²) in [4.78, 5) is 0. The van der Waals surface area contributed by atoms with Gasteiger partial charge in [-0.25, -0.2) is 0 Å². The van der Waals surface area contributed by atoms with E-state index >= 15 is 0 Å². The molecule has 0 saturated carbocycles. The van der Waals surface area contributed by atoms with Crippen molar-refractivity contribution >= 4 is 21.9 Å². The van der Waals surface area contributed by atoms with Gasteiger partial charge in [0, 0.05) is 0 Å². The maximum atomic E-state index is 4.28. The van der Waals surface area contributed by atoms with Gasteiger partial charge in [-0.1, -0.05) is 110 Å². The number of fused-ring (bicyclic) bond motifs is 1. The van der Waals surface area contributed by atoms with Crippen LogP contribution in [0.3, 0.4) is 0 Å². The van der Waals surface area contributed by atoms with Crippen molar-refractivity contribution in [1.29, 1.82) is 0 Å². The summed E-state index contributed by atoms with van der Waals surface area (Å²) >= 11 is 0. The summed E-state index contributed by atoms with van der Waals surface area (Å²) in [6.07, 6.45) is 11.2. The first-order chi connectivity index (χ1) is 14.1. The lowest BCUT2D eigenvalue weighted by atomic mass is 9.94. The van der Waals surface area contributed by atoms with E-state index in [1.807, 2.05) is 30.4 Å². The van der Waals surface area contributed by atoms with Crippen LogP contribution in [0.25, 0.3) is 21.9 Å². The smallest absolute Gasteiger partial charge is 0.00940 e. The van der Waals surface area contributed by atoms with Crippen molar-refractivity contribution in [3.8, 4) is 0 Å². The molecule has 0 nitrogen and oxygen atoms in total. The Morgan fingerprint density at radius 1 is 0.862 bits per heavy atom. The van der Waals surface area contributed by atoms with Crippen LogP contribution in [-0.2, 0) is 0 Å². The number of aryl methyl sites for hydroxylation is 1. The molecule has 3 aromatic rings. The van der Waals surface area contributed by atoms with Gasteiger partial charge in [0.2, 0.25) is 0 Å². The molecule has 0 aliphatic rings. The zero-order valence-electron chi connectivity index (χ0n) is 17.4. The zero-order valence-corrected chi connectivity index (χ0v) is 17.4. The van der Waals surface area contributed by atoms with E-state index in [4.69, 9.17) is 0 Å². The van der Waals surface area contributed by atoms with Crippen LogP contribution in [0, 0.1) is 6.92 Å². The van der Waals surface area contributed by atoms with Gasteiger partial charge < -0.3 is 0 Å². The number of benzene rings is 3. The van der Waals surface area contributed by atoms with E-state index in [9.17, 15) is 0 Å². The molecule has 0 atom stereocenters. The lowest BCUT2D eigenvalue weighted by Gasteiger charge is -2.10. The summed E-state index contributed by atoms with van der Waals surface area (Å²) in [5.74, 6) is 0. The van der Waals surface area contributed by atoms with E-state index in [-0.39, 0.29) is 0 Å². The van der Waals surface area contributed by atoms with Crippen LogP contribution in [0.15, 0.2) is 116 Å². The molecule has 29 heavy (non-hydrogen) atoms. The van der Waals surface area contributed by atoms with Crippen molar-refractivity contribution < 1.29 is 0 Å². The highest BCUT2D eigenvalue weighted by Gasteiger charge is 2.05. The Labute approximate surface area is 174 Å². The molecule has 0 spiro atoms. The summed E-state index contributed by atoms with van der Waals surface area (Å²) in [5.41, 5.74) is 7.21. The van der Waals surface area contributed by atoms with Gasteiger partial charge in [-0.05, 0) is 64.5 Å². The molecule has 0 heteroatoms. The van der Waals surface area contributed by atoms with Gasteiger partial charge in [-0.2, -0.15) is 0 Å². The van der Waals surface area contributed by atoms with Crippen LogP contribution in [0.2, 0.25) is 0 Å². The molecule has 3 aromatic carbocycles. The molecule has 0 radical (unpaired) electrons. The molecule has 3 rings (SSSR count). The Balaban J connectivity index is 2.02. The maximum Gasteiger partial charge on any atom is -0.00940 e. The standard InChI is InChI=1S/C29H28/c1-5-6-8-14-25(20-23(3)26-15-9-7-10-16-26)21-24(4)28-18-12-17-27-22(2)13-11-19-29(27)28/h5-13,15-21H,1,3,14H2,2,4H3/b8-6-,24-21+,25-20-. The molecule has 0 saturated heterocycles. The molecule has 144 valence electrons. The first kappa shape index (κ1) is 20.4. The molecule has 0 unspecified atom stereocenters. The second-order valence-electron chi connectivity index (χ2n) is 7.28. The third-order valence-electron chi connectivity index (χ3n) is 5.10. The molecule has 0 fully saturated rings. The van der Waals surface area contributed by atoms with E-state index in [1.54, 1.807) is 0 Å². The first-order valence-corrected chi connectivity index (χ1v) is 9.99. The third-order valence-corrected chi connectivity index (χ3v) is 5.10. The van der Waals surface area contributed by atoms with Crippen molar-refractivity contribution in [3.05, 3.63) is 133 Å². The molecule has 0 bridgehead atoms. The van der Waals surface area contributed by atoms with Gasteiger partial charge in [0.25, 0.3) is 0 Å². The number of hydrogen-bond donors (Lipinski definition) is 0. The van der Waals surface area contributed by atoms with Crippen LogP contribution in [0.5, 0.6) is 0 Å². The Hall–Kier alpha value is -3.38. The lowest BCUT2D eigenvalue weighted by Crippen LogP contribution is -1.88. The fourth-order valence-electron chi connectivity index (χ4n) is 3.59. The molecule has 0 aliphatic carbocycles. The normalized spacial score (nSPS) is 12.5. The third kappa shape index (κ3) is 5.12. The zero-order chi connectivity index (χ0) is 20.6. The van der Waals surface area contributed by atoms with Gasteiger partial charge in [-0.3, -0.25) is 0 Å². The van der Waals surface area contributed by atoms with E-state index < -0.39 is 0 Å². The summed E-state index contributed by atoms with van der Waals surface area (Å²) in [7, 11) is 0. The van der Waals surface area contributed by atoms with Crippen LogP contribution < -0.4 is 0 Å². The number of rotatable bonds is 7.